The van der Waals surface area contributed by atoms with Crippen LogP contribution in [0.4, 0.5) is 0 Å². The average Bonchev–Trinajstić information content (AvgIpc) is 2.05. The van der Waals surface area contributed by atoms with Crippen LogP contribution in [0, 0.1) is 0 Å². The second kappa shape index (κ2) is 7.23. The molecule has 0 spiro atoms. The van der Waals surface area contributed by atoms with Crippen LogP contribution in [0.1, 0.15) is 19.8 Å². The Labute approximate surface area is 80.7 Å². The van der Waals surface area contributed by atoms with Crippen LogP contribution in [-0.4, -0.2) is 24.9 Å². The molecule has 70 valence electrons. The third-order valence-corrected chi connectivity index (χ3v) is 1.74. The van der Waals surface area contributed by atoms with Gasteiger partial charge in [0.15, 0.2) is 0 Å². The largest absolute Gasteiger partial charge is 0.383 e. The van der Waals surface area contributed by atoms with E-state index in [2.05, 4.69) is 19.1 Å². The van der Waals surface area contributed by atoms with Gasteiger partial charge >= 0.3 is 0 Å². The molecule has 1 nitrogen and oxygen atoms in total. The Morgan fingerprint density at radius 1 is 1.42 bits per heavy atom. The molecular formula is C10H18ClN. The highest BCUT2D eigenvalue weighted by Crippen LogP contribution is 2.03. The minimum Gasteiger partial charge on any atom is -0.383 e. The van der Waals surface area contributed by atoms with E-state index < -0.39 is 0 Å². The zero-order chi connectivity index (χ0) is 9.40. The summed E-state index contributed by atoms with van der Waals surface area (Å²) in [5.74, 6) is 0.602. The second-order valence-corrected chi connectivity index (χ2v) is 3.25. The van der Waals surface area contributed by atoms with Crippen LogP contribution in [0.15, 0.2) is 23.9 Å². The predicted molar refractivity (Wildman–Crippen MR) is 56.5 cm³/mol. The molecule has 0 aromatic carbocycles. The summed E-state index contributed by atoms with van der Waals surface area (Å²) in [7, 11) is 4.00. The van der Waals surface area contributed by atoms with E-state index >= 15 is 0 Å². The molecule has 0 aliphatic heterocycles. The van der Waals surface area contributed by atoms with Gasteiger partial charge in [-0.3, -0.25) is 0 Å². The van der Waals surface area contributed by atoms with Crippen molar-refractivity contribution in [2.45, 2.75) is 19.8 Å². The molecule has 0 radical (unpaired) electrons. The molecule has 0 fully saturated rings. The second-order valence-electron chi connectivity index (χ2n) is 2.98. The van der Waals surface area contributed by atoms with Gasteiger partial charge in [0.1, 0.15) is 0 Å². The number of rotatable bonds is 5. The fourth-order valence-electron chi connectivity index (χ4n) is 0.742. The fraction of sp³-hybridized carbons (Fsp3) is 0.600. The lowest BCUT2D eigenvalue weighted by Crippen LogP contribution is -2.00. The van der Waals surface area contributed by atoms with Crippen LogP contribution in [0.5, 0.6) is 0 Å². The van der Waals surface area contributed by atoms with Crippen molar-refractivity contribution in [3.05, 3.63) is 23.9 Å². The van der Waals surface area contributed by atoms with E-state index in [-0.39, 0.29) is 0 Å². The van der Waals surface area contributed by atoms with Crippen LogP contribution < -0.4 is 0 Å². The van der Waals surface area contributed by atoms with Crippen molar-refractivity contribution in [1.29, 1.82) is 0 Å². The van der Waals surface area contributed by atoms with Gasteiger partial charge in [-0.1, -0.05) is 19.4 Å². The van der Waals surface area contributed by atoms with Crippen molar-refractivity contribution >= 4 is 11.6 Å². The standard InChI is InChI=1S/C10H18ClN/c1-4-5-6-10(9-11)7-8-12(2)3/h6-8H,4-5,9H2,1-3H3/b8-7-,10-6-. The molecular weight excluding hydrogens is 170 g/mol. The Morgan fingerprint density at radius 2 is 2.08 bits per heavy atom. The maximum absolute atomic E-state index is 5.75. The smallest absolute Gasteiger partial charge is 0.0471 e. The van der Waals surface area contributed by atoms with Gasteiger partial charge in [0, 0.05) is 20.0 Å². The van der Waals surface area contributed by atoms with E-state index in [0.717, 1.165) is 6.42 Å². The molecule has 0 saturated carbocycles. The van der Waals surface area contributed by atoms with E-state index in [1.165, 1.54) is 12.0 Å². The Bertz CT molecular complexity index is 159. The number of allylic oxidation sites excluding steroid dienone is 3. The van der Waals surface area contributed by atoms with Gasteiger partial charge in [-0.2, -0.15) is 0 Å². The third-order valence-electron chi connectivity index (χ3n) is 1.44. The number of hydrogen-bond donors (Lipinski definition) is 0. The van der Waals surface area contributed by atoms with Gasteiger partial charge in [-0.25, -0.2) is 0 Å². The minimum absolute atomic E-state index is 0.602. The maximum atomic E-state index is 5.75. The Balaban J connectivity index is 3.98. The van der Waals surface area contributed by atoms with E-state index in [9.17, 15) is 0 Å². The number of nitrogens with zero attached hydrogens (tertiary/aromatic N) is 1. The van der Waals surface area contributed by atoms with E-state index in [1.807, 2.05) is 25.2 Å². The molecule has 0 amide bonds. The zero-order valence-corrected chi connectivity index (χ0v) is 8.93. The molecule has 0 aliphatic rings. The van der Waals surface area contributed by atoms with Crippen LogP contribution in [0.3, 0.4) is 0 Å². The molecule has 0 saturated heterocycles. The minimum atomic E-state index is 0.602. The normalized spacial score (nSPS) is 12.5. The van der Waals surface area contributed by atoms with Gasteiger partial charge in [-0.15, -0.1) is 11.6 Å². The fourth-order valence-corrected chi connectivity index (χ4v) is 0.940. The van der Waals surface area contributed by atoms with E-state index in [4.69, 9.17) is 11.6 Å². The topological polar surface area (TPSA) is 3.24 Å². The van der Waals surface area contributed by atoms with Crippen molar-refractivity contribution in [3.63, 3.8) is 0 Å². The van der Waals surface area contributed by atoms with E-state index in [0.29, 0.717) is 5.88 Å². The molecule has 0 unspecified atom stereocenters. The number of alkyl halides is 1. The van der Waals surface area contributed by atoms with Crippen molar-refractivity contribution < 1.29 is 0 Å². The summed E-state index contributed by atoms with van der Waals surface area (Å²) >= 11 is 5.75. The summed E-state index contributed by atoms with van der Waals surface area (Å²) in [4.78, 5) is 2.01. The molecule has 0 aromatic rings. The molecule has 12 heavy (non-hydrogen) atoms. The maximum Gasteiger partial charge on any atom is 0.0471 e. The molecule has 0 N–H and O–H groups in total. The van der Waals surface area contributed by atoms with Gasteiger partial charge in [-0.05, 0) is 24.3 Å². The van der Waals surface area contributed by atoms with Crippen LogP contribution in [-0.2, 0) is 0 Å². The highest BCUT2D eigenvalue weighted by atomic mass is 35.5. The monoisotopic (exact) mass is 187 g/mol. The van der Waals surface area contributed by atoms with Gasteiger partial charge in [0.25, 0.3) is 0 Å². The summed E-state index contributed by atoms with van der Waals surface area (Å²) in [6.45, 7) is 2.16. The summed E-state index contributed by atoms with van der Waals surface area (Å²) in [5, 5.41) is 0. The number of unbranched alkanes of at least 4 members (excludes halogenated alkanes) is 1. The van der Waals surface area contributed by atoms with Crippen LogP contribution >= 0.6 is 11.6 Å². The highest BCUT2D eigenvalue weighted by Gasteiger charge is 1.88. The Hall–Kier alpha value is -0.430. The van der Waals surface area contributed by atoms with Crippen LogP contribution in [0.25, 0.3) is 0 Å². The molecule has 0 atom stereocenters. The molecule has 0 aliphatic carbocycles. The predicted octanol–water partition coefficient (Wildman–Crippen LogP) is 3.03. The highest BCUT2D eigenvalue weighted by molar-refractivity contribution is 6.19. The van der Waals surface area contributed by atoms with Crippen molar-refractivity contribution in [2.75, 3.05) is 20.0 Å². The number of hydrogen-bond acceptors (Lipinski definition) is 1. The first-order chi connectivity index (χ1) is 5.70. The first-order valence-corrected chi connectivity index (χ1v) is 4.83. The summed E-state index contributed by atoms with van der Waals surface area (Å²) in [5.41, 5.74) is 1.20. The Kier molecular flexibility index (Phi) is 6.97. The van der Waals surface area contributed by atoms with Gasteiger partial charge < -0.3 is 4.90 Å². The average molecular weight is 188 g/mol. The lowest BCUT2D eigenvalue weighted by molar-refractivity contribution is 0.563. The van der Waals surface area contributed by atoms with Crippen molar-refractivity contribution in [3.8, 4) is 0 Å². The first kappa shape index (κ1) is 11.6. The quantitative estimate of drug-likeness (QED) is 0.473. The summed E-state index contributed by atoms with van der Waals surface area (Å²) in [6, 6.07) is 0. The van der Waals surface area contributed by atoms with Crippen molar-refractivity contribution in [2.24, 2.45) is 0 Å². The molecule has 0 rings (SSSR count). The molecule has 0 aromatic heterocycles. The van der Waals surface area contributed by atoms with Gasteiger partial charge in [0.05, 0.1) is 0 Å². The molecule has 2 heteroatoms. The van der Waals surface area contributed by atoms with Crippen LogP contribution in [0.2, 0.25) is 0 Å². The SMILES string of the molecule is CCC/C=C(/C=C\N(C)C)CCl. The van der Waals surface area contributed by atoms with Gasteiger partial charge in [0.2, 0.25) is 0 Å². The number of halogens is 1. The van der Waals surface area contributed by atoms with E-state index in [1.54, 1.807) is 0 Å². The summed E-state index contributed by atoms with van der Waals surface area (Å²) in [6.07, 6.45) is 8.55. The lowest BCUT2D eigenvalue weighted by atomic mass is 10.2. The molecule has 0 heterocycles. The van der Waals surface area contributed by atoms with Crippen molar-refractivity contribution in [1.82, 2.24) is 4.90 Å². The first-order valence-electron chi connectivity index (χ1n) is 4.30. The molecule has 0 bridgehead atoms. The summed E-state index contributed by atoms with van der Waals surface area (Å²) < 4.78 is 0. The lowest BCUT2D eigenvalue weighted by Gasteiger charge is -2.03. The zero-order valence-electron chi connectivity index (χ0n) is 8.18. The third kappa shape index (κ3) is 6.29. The Morgan fingerprint density at radius 3 is 2.50 bits per heavy atom.